The first-order valence-corrected chi connectivity index (χ1v) is 7.57. The Kier molecular flexibility index (Phi) is 3.80. The van der Waals surface area contributed by atoms with Crippen molar-refractivity contribution in [1.82, 2.24) is 9.97 Å². The predicted molar refractivity (Wildman–Crippen MR) is 82.5 cm³/mol. The van der Waals surface area contributed by atoms with E-state index in [4.69, 9.17) is 4.74 Å². The van der Waals surface area contributed by atoms with Gasteiger partial charge < -0.3 is 10.1 Å². The van der Waals surface area contributed by atoms with Crippen LogP contribution in [0.1, 0.15) is 30.1 Å². The zero-order valence-electron chi connectivity index (χ0n) is 11.8. The molecule has 1 aliphatic carbocycles. The van der Waals surface area contributed by atoms with Gasteiger partial charge in [-0.3, -0.25) is 0 Å². The van der Waals surface area contributed by atoms with E-state index in [0.29, 0.717) is 22.0 Å². The number of benzene rings is 1. The van der Waals surface area contributed by atoms with Crippen molar-refractivity contribution < 1.29 is 9.13 Å². The summed E-state index contributed by atoms with van der Waals surface area (Å²) < 4.78 is 19.5. The Morgan fingerprint density at radius 2 is 2.10 bits per heavy atom. The molecule has 0 bridgehead atoms. The van der Waals surface area contributed by atoms with E-state index in [1.807, 2.05) is 14.0 Å². The zero-order chi connectivity index (χ0) is 15.0. The minimum Gasteiger partial charge on any atom is -0.437 e. The van der Waals surface area contributed by atoms with Gasteiger partial charge in [-0.25, -0.2) is 9.37 Å². The smallest absolute Gasteiger partial charge is 0.227 e. The largest absolute Gasteiger partial charge is 0.437 e. The number of hydrogen-bond donors (Lipinski definition) is 1. The SMILES string of the molecule is CNc1nc(C2CC2)nc(Oc2ccc(F)cc2Br)c1C. The molecule has 1 saturated carbocycles. The van der Waals surface area contributed by atoms with Crippen LogP contribution >= 0.6 is 15.9 Å². The number of anilines is 1. The monoisotopic (exact) mass is 351 g/mol. The normalized spacial score (nSPS) is 14.1. The highest BCUT2D eigenvalue weighted by Crippen LogP contribution is 2.41. The minimum absolute atomic E-state index is 0.316. The molecule has 1 aliphatic rings. The van der Waals surface area contributed by atoms with Gasteiger partial charge in [0.05, 0.1) is 10.0 Å². The molecule has 1 aromatic carbocycles. The third-order valence-electron chi connectivity index (χ3n) is 3.40. The molecular formula is C15H15BrFN3O. The summed E-state index contributed by atoms with van der Waals surface area (Å²) in [4.78, 5) is 9.03. The molecule has 3 rings (SSSR count). The van der Waals surface area contributed by atoms with Crippen LogP contribution in [-0.2, 0) is 0 Å². The van der Waals surface area contributed by atoms with E-state index >= 15 is 0 Å². The van der Waals surface area contributed by atoms with E-state index in [-0.39, 0.29) is 5.82 Å². The number of rotatable bonds is 4. The van der Waals surface area contributed by atoms with Crippen molar-refractivity contribution in [3.05, 3.63) is 39.9 Å². The summed E-state index contributed by atoms with van der Waals surface area (Å²) in [6.07, 6.45) is 2.23. The molecule has 4 nitrogen and oxygen atoms in total. The van der Waals surface area contributed by atoms with Crippen molar-refractivity contribution in [2.75, 3.05) is 12.4 Å². The Labute approximate surface area is 130 Å². The highest BCUT2D eigenvalue weighted by atomic mass is 79.9. The molecule has 0 atom stereocenters. The van der Waals surface area contributed by atoms with Crippen molar-refractivity contribution >= 4 is 21.7 Å². The predicted octanol–water partition coefficient (Wildman–Crippen LogP) is 4.40. The molecule has 1 N–H and O–H groups in total. The van der Waals surface area contributed by atoms with Crippen LogP contribution in [0, 0.1) is 12.7 Å². The zero-order valence-corrected chi connectivity index (χ0v) is 13.4. The lowest BCUT2D eigenvalue weighted by Gasteiger charge is -2.13. The van der Waals surface area contributed by atoms with Gasteiger partial charge in [-0.15, -0.1) is 0 Å². The minimum atomic E-state index is -0.316. The standard InChI is InChI=1S/C15H15BrFN3O/c1-8-13(18-2)19-14(9-3-4-9)20-15(8)21-12-6-5-10(17)7-11(12)16/h5-7,9H,3-4H2,1-2H3,(H,18,19,20). The van der Waals surface area contributed by atoms with Gasteiger partial charge in [-0.1, -0.05) is 0 Å². The van der Waals surface area contributed by atoms with Crippen LogP contribution in [0.15, 0.2) is 22.7 Å². The molecule has 0 radical (unpaired) electrons. The number of hydrogen-bond acceptors (Lipinski definition) is 4. The fourth-order valence-corrected chi connectivity index (χ4v) is 2.47. The molecule has 0 spiro atoms. The average molecular weight is 352 g/mol. The van der Waals surface area contributed by atoms with Crippen molar-refractivity contribution in [1.29, 1.82) is 0 Å². The van der Waals surface area contributed by atoms with Gasteiger partial charge in [0.1, 0.15) is 23.2 Å². The summed E-state index contributed by atoms with van der Waals surface area (Å²) in [7, 11) is 1.82. The summed E-state index contributed by atoms with van der Waals surface area (Å²) in [5, 5.41) is 3.07. The molecule has 21 heavy (non-hydrogen) atoms. The molecule has 0 aliphatic heterocycles. The number of nitrogens with zero attached hydrogens (tertiary/aromatic N) is 2. The maximum Gasteiger partial charge on any atom is 0.227 e. The molecule has 1 aromatic heterocycles. The third kappa shape index (κ3) is 3.00. The number of ether oxygens (including phenoxy) is 1. The lowest BCUT2D eigenvalue weighted by Crippen LogP contribution is -2.04. The van der Waals surface area contributed by atoms with Gasteiger partial charge in [-0.2, -0.15) is 4.98 Å². The van der Waals surface area contributed by atoms with Gasteiger partial charge in [0.2, 0.25) is 5.88 Å². The lowest BCUT2D eigenvalue weighted by atomic mass is 10.3. The summed E-state index contributed by atoms with van der Waals surface area (Å²) in [5.41, 5.74) is 0.832. The molecule has 0 unspecified atom stereocenters. The summed E-state index contributed by atoms with van der Waals surface area (Å²) in [6, 6.07) is 4.31. The maximum atomic E-state index is 13.1. The van der Waals surface area contributed by atoms with E-state index in [2.05, 4.69) is 31.2 Å². The number of halogens is 2. The Morgan fingerprint density at radius 3 is 2.71 bits per heavy atom. The van der Waals surface area contributed by atoms with E-state index in [1.165, 1.54) is 12.1 Å². The Bertz CT molecular complexity index is 689. The average Bonchev–Trinajstić information content (AvgIpc) is 3.28. The van der Waals surface area contributed by atoms with Crippen molar-refractivity contribution in [2.45, 2.75) is 25.7 Å². The maximum absolute atomic E-state index is 13.1. The van der Waals surface area contributed by atoms with E-state index in [9.17, 15) is 4.39 Å². The van der Waals surface area contributed by atoms with Gasteiger partial charge >= 0.3 is 0 Å². The molecule has 2 aromatic rings. The quantitative estimate of drug-likeness (QED) is 0.886. The van der Waals surface area contributed by atoms with Crippen molar-refractivity contribution in [2.24, 2.45) is 0 Å². The van der Waals surface area contributed by atoms with Crippen LogP contribution in [0.2, 0.25) is 0 Å². The van der Waals surface area contributed by atoms with Crippen LogP contribution in [-0.4, -0.2) is 17.0 Å². The van der Waals surface area contributed by atoms with Crippen LogP contribution in [0.25, 0.3) is 0 Å². The Balaban J connectivity index is 1.98. The second-order valence-corrected chi connectivity index (χ2v) is 5.92. The van der Waals surface area contributed by atoms with Crippen molar-refractivity contribution in [3.63, 3.8) is 0 Å². The lowest BCUT2D eigenvalue weighted by molar-refractivity contribution is 0.450. The molecule has 0 amide bonds. The second kappa shape index (κ2) is 5.60. The summed E-state index contributed by atoms with van der Waals surface area (Å²) in [5.74, 6) is 2.71. The van der Waals surface area contributed by atoms with Crippen LogP contribution in [0.4, 0.5) is 10.2 Å². The highest BCUT2D eigenvalue weighted by molar-refractivity contribution is 9.10. The molecular weight excluding hydrogens is 337 g/mol. The number of nitrogens with one attached hydrogen (secondary N) is 1. The molecule has 110 valence electrons. The molecule has 6 heteroatoms. The van der Waals surface area contributed by atoms with Gasteiger partial charge in [0, 0.05) is 13.0 Å². The topological polar surface area (TPSA) is 47.0 Å². The first-order chi connectivity index (χ1) is 10.1. The van der Waals surface area contributed by atoms with Crippen LogP contribution in [0.5, 0.6) is 11.6 Å². The van der Waals surface area contributed by atoms with Gasteiger partial charge in [0.25, 0.3) is 0 Å². The molecule has 1 heterocycles. The Hall–Kier alpha value is -1.69. The fourth-order valence-electron chi connectivity index (χ4n) is 2.04. The molecule has 0 saturated heterocycles. The van der Waals surface area contributed by atoms with E-state index < -0.39 is 0 Å². The van der Waals surface area contributed by atoms with Gasteiger partial charge in [-0.05, 0) is 53.9 Å². The Morgan fingerprint density at radius 1 is 1.33 bits per heavy atom. The summed E-state index contributed by atoms with van der Waals surface area (Å²) in [6.45, 7) is 1.90. The van der Waals surface area contributed by atoms with Crippen LogP contribution in [0.3, 0.4) is 0 Å². The second-order valence-electron chi connectivity index (χ2n) is 5.06. The van der Waals surface area contributed by atoms with Crippen LogP contribution < -0.4 is 10.1 Å². The van der Waals surface area contributed by atoms with Gasteiger partial charge in [0.15, 0.2) is 0 Å². The molecule has 1 fully saturated rings. The highest BCUT2D eigenvalue weighted by Gasteiger charge is 2.28. The van der Waals surface area contributed by atoms with Crippen molar-refractivity contribution in [3.8, 4) is 11.6 Å². The van der Waals surface area contributed by atoms with E-state index in [0.717, 1.165) is 30.0 Å². The first kappa shape index (κ1) is 14.3. The summed E-state index contributed by atoms with van der Waals surface area (Å²) >= 11 is 3.30. The van der Waals surface area contributed by atoms with E-state index in [1.54, 1.807) is 6.07 Å². The third-order valence-corrected chi connectivity index (χ3v) is 4.02. The first-order valence-electron chi connectivity index (χ1n) is 6.77. The fraction of sp³-hybridized carbons (Fsp3) is 0.333. The number of aromatic nitrogens is 2.